The number of aryl methyl sites for hydroxylation is 2. The fraction of sp³-hybridized carbons (Fsp3) is 0.188. The Bertz CT molecular complexity index is 558. The Labute approximate surface area is 108 Å². The fourth-order valence-corrected chi connectivity index (χ4v) is 1.92. The van der Waals surface area contributed by atoms with Crippen molar-refractivity contribution in [1.82, 2.24) is 0 Å². The first kappa shape index (κ1) is 12.4. The summed E-state index contributed by atoms with van der Waals surface area (Å²) in [5.74, 6) is 0. The number of rotatable bonds is 3. The van der Waals surface area contributed by atoms with Crippen LogP contribution in [0.15, 0.2) is 42.5 Å². The van der Waals surface area contributed by atoms with Gasteiger partial charge in [-0.15, -0.1) is 0 Å². The van der Waals surface area contributed by atoms with E-state index in [2.05, 4.69) is 36.1 Å². The van der Waals surface area contributed by atoms with E-state index in [1.54, 1.807) is 0 Å². The molecule has 2 nitrogen and oxygen atoms in total. The first-order chi connectivity index (χ1) is 8.61. The molecule has 2 aromatic rings. The highest BCUT2D eigenvalue weighted by Gasteiger charge is 2.05. The highest BCUT2D eigenvalue weighted by atomic mass is 16.1. The number of anilines is 2. The van der Waals surface area contributed by atoms with Crippen molar-refractivity contribution < 1.29 is 4.79 Å². The third-order valence-electron chi connectivity index (χ3n) is 3.19. The number of hydrogen-bond acceptors (Lipinski definition) is 2. The first-order valence-corrected chi connectivity index (χ1v) is 5.98. The fourth-order valence-electron chi connectivity index (χ4n) is 1.92. The maximum absolute atomic E-state index is 10.8. The SMILES string of the molecule is Cc1ccc(N(C)c2ccc(C=O)c(C)c2)cc1. The van der Waals surface area contributed by atoms with E-state index in [1.165, 1.54) is 5.56 Å². The summed E-state index contributed by atoms with van der Waals surface area (Å²) in [5, 5.41) is 0. The van der Waals surface area contributed by atoms with Crippen LogP contribution >= 0.6 is 0 Å². The maximum Gasteiger partial charge on any atom is 0.150 e. The van der Waals surface area contributed by atoms with Crippen molar-refractivity contribution in [3.63, 3.8) is 0 Å². The Kier molecular flexibility index (Phi) is 3.47. The highest BCUT2D eigenvalue weighted by Crippen LogP contribution is 2.25. The standard InChI is InChI=1S/C16H17NO/c1-12-4-7-15(8-5-12)17(3)16-9-6-14(11-18)13(2)10-16/h4-11H,1-3H3. The summed E-state index contributed by atoms with van der Waals surface area (Å²) in [6.45, 7) is 4.03. The van der Waals surface area contributed by atoms with Crippen LogP contribution in [-0.2, 0) is 0 Å². The van der Waals surface area contributed by atoms with Crippen LogP contribution in [0.2, 0.25) is 0 Å². The molecule has 0 aliphatic carbocycles. The zero-order chi connectivity index (χ0) is 13.1. The van der Waals surface area contributed by atoms with Gasteiger partial charge in [0.15, 0.2) is 0 Å². The lowest BCUT2D eigenvalue weighted by atomic mass is 10.1. The monoisotopic (exact) mass is 239 g/mol. The van der Waals surface area contributed by atoms with E-state index in [9.17, 15) is 4.79 Å². The molecule has 0 spiro atoms. The van der Waals surface area contributed by atoms with Gasteiger partial charge >= 0.3 is 0 Å². The normalized spacial score (nSPS) is 10.2. The Hall–Kier alpha value is -2.09. The summed E-state index contributed by atoms with van der Waals surface area (Å²) < 4.78 is 0. The predicted molar refractivity (Wildman–Crippen MR) is 75.8 cm³/mol. The Morgan fingerprint density at radius 3 is 2.11 bits per heavy atom. The summed E-state index contributed by atoms with van der Waals surface area (Å²) >= 11 is 0. The van der Waals surface area contributed by atoms with Crippen LogP contribution in [0.25, 0.3) is 0 Å². The number of benzene rings is 2. The number of nitrogens with zero attached hydrogens (tertiary/aromatic N) is 1. The summed E-state index contributed by atoms with van der Waals surface area (Å²) in [4.78, 5) is 12.9. The molecule has 2 aromatic carbocycles. The molecule has 2 heteroatoms. The van der Waals surface area contributed by atoms with Crippen LogP contribution in [0.3, 0.4) is 0 Å². The third-order valence-corrected chi connectivity index (χ3v) is 3.19. The number of hydrogen-bond donors (Lipinski definition) is 0. The average molecular weight is 239 g/mol. The van der Waals surface area contributed by atoms with Crippen molar-refractivity contribution >= 4 is 17.7 Å². The van der Waals surface area contributed by atoms with Gasteiger partial charge in [0.05, 0.1) is 0 Å². The van der Waals surface area contributed by atoms with E-state index < -0.39 is 0 Å². The lowest BCUT2D eigenvalue weighted by molar-refractivity contribution is 0.112. The zero-order valence-corrected chi connectivity index (χ0v) is 11.0. The van der Waals surface area contributed by atoms with E-state index in [0.717, 1.165) is 28.8 Å². The van der Waals surface area contributed by atoms with Crippen LogP contribution in [-0.4, -0.2) is 13.3 Å². The molecule has 0 amide bonds. The van der Waals surface area contributed by atoms with Gasteiger partial charge in [-0.3, -0.25) is 4.79 Å². The van der Waals surface area contributed by atoms with Crippen molar-refractivity contribution in [2.24, 2.45) is 0 Å². The largest absolute Gasteiger partial charge is 0.345 e. The van der Waals surface area contributed by atoms with Gasteiger partial charge in [-0.1, -0.05) is 17.7 Å². The second-order valence-electron chi connectivity index (χ2n) is 4.55. The van der Waals surface area contributed by atoms with Gasteiger partial charge in [-0.25, -0.2) is 0 Å². The van der Waals surface area contributed by atoms with Gasteiger partial charge in [0.1, 0.15) is 6.29 Å². The number of aldehydes is 1. The second-order valence-corrected chi connectivity index (χ2v) is 4.55. The van der Waals surface area contributed by atoms with Crippen LogP contribution < -0.4 is 4.90 Å². The van der Waals surface area contributed by atoms with Crippen LogP contribution in [0.5, 0.6) is 0 Å². The summed E-state index contributed by atoms with van der Waals surface area (Å²) in [6.07, 6.45) is 0.894. The molecule has 0 atom stereocenters. The zero-order valence-electron chi connectivity index (χ0n) is 11.0. The minimum atomic E-state index is 0.746. The summed E-state index contributed by atoms with van der Waals surface area (Å²) in [7, 11) is 2.03. The van der Waals surface area contributed by atoms with Crippen LogP contribution in [0, 0.1) is 13.8 Å². The van der Waals surface area contributed by atoms with E-state index in [-0.39, 0.29) is 0 Å². The second kappa shape index (κ2) is 5.05. The van der Waals surface area contributed by atoms with Crippen LogP contribution in [0.4, 0.5) is 11.4 Å². The van der Waals surface area contributed by atoms with Gasteiger partial charge in [0.2, 0.25) is 0 Å². The summed E-state index contributed by atoms with van der Waals surface area (Å²) in [5.41, 5.74) is 5.22. The molecule has 0 aromatic heterocycles. The van der Waals surface area contributed by atoms with E-state index >= 15 is 0 Å². The van der Waals surface area contributed by atoms with Gasteiger partial charge in [0.25, 0.3) is 0 Å². The van der Waals surface area contributed by atoms with Crippen molar-refractivity contribution in [3.05, 3.63) is 59.2 Å². The van der Waals surface area contributed by atoms with Crippen molar-refractivity contribution in [3.8, 4) is 0 Å². The van der Waals surface area contributed by atoms with E-state index in [0.29, 0.717) is 0 Å². The minimum absolute atomic E-state index is 0.746. The average Bonchev–Trinajstić information content (AvgIpc) is 2.38. The molecule has 0 saturated carbocycles. The van der Waals surface area contributed by atoms with Crippen molar-refractivity contribution in [2.75, 3.05) is 11.9 Å². The molecule has 0 saturated heterocycles. The Morgan fingerprint density at radius 2 is 1.56 bits per heavy atom. The molecule has 0 aliphatic heterocycles. The Morgan fingerprint density at radius 1 is 0.944 bits per heavy atom. The van der Waals surface area contributed by atoms with Crippen molar-refractivity contribution in [2.45, 2.75) is 13.8 Å². The maximum atomic E-state index is 10.8. The highest BCUT2D eigenvalue weighted by molar-refractivity contribution is 5.79. The quantitative estimate of drug-likeness (QED) is 0.757. The molecule has 0 heterocycles. The van der Waals surface area contributed by atoms with Crippen LogP contribution in [0.1, 0.15) is 21.5 Å². The van der Waals surface area contributed by atoms with Gasteiger partial charge in [0, 0.05) is 24.0 Å². The molecular weight excluding hydrogens is 222 g/mol. The number of carbonyl (C=O) groups excluding carboxylic acids is 1. The van der Waals surface area contributed by atoms with E-state index in [4.69, 9.17) is 0 Å². The van der Waals surface area contributed by atoms with Gasteiger partial charge < -0.3 is 4.90 Å². The molecule has 2 rings (SSSR count). The first-order valence-electron chi connectivity index (χ1n) is 5.98. The summed E-state index contributed by atoms with van der Waals surface area (Å²) in [6, 6.07) is 14.2. The number of carbonyl (C=O) groups is 1. The minimum Gasteiger partial charge on any atom is -0.345 e. The molecular formula is C16H17NO. The lowest BCUT2D eigenvalue weighted by Gasteiger charge is -2.20. The topological polar surface area (TPSA) is 20.3 Å². The molecule has 0 bridgehead atoms. The molecule has 0 aliphatic rings. The molecule has 0 radical (unpaired) electrons. The van der Waals surface area contributed by atoms with Crippen molar-refractivity contribution in [1.29, 1.82) is 0 Å². The molecule has 18 heavy (non-hydrogen) atoms. The molecule has 0 N–H and O–H groups in total. The molecule has 92 valence electrons. The van der Waals surface area contributed by atoms with E-state index in [1.807, 2.05) is 32.2 Å². The third kappa shape index (κ3) is 2.43. The Balaban J connectivity index is 2.33. The smallest absolute Gasteiger partial charge is 0.150 e. The lowest BCUT2D eigenvalue weighted by Crippen LogP contribution is -2.09. The molecule has 0 unspecified atom stereocenters. The predicted octanol–water partition coefficient (Wildman–Crippen LogP) is 3.88. The van der Waals surface area contributed by atoms with Gasteiger partial charge in [-0.05, 0) is 49.7 Å². The molecule has 0 fully saturated rings. The van der Waals surface area contributed by atoms with Gasteiger partial charge in [-0.2, -0.15) is 0 Å².